The van der Waals surface area contributed by atoms with Gasteiger partial charge in [0.15, 0.2) is 0 Å². The highest BCUT2D eigenvalue weighted by Gasteiger charge is 2.11. The zero-order valence-corrected chi connectivity index (χ0v) is 11.4. The fraction of sp³-hybridized carbons (Fsp3) is 0.636. The summed E-state index contributed by atoms with van der Waals surface area (Å²) in [6.07, 6.45) is 0.863. The Kier molecular flexibility index (Phi) is 4.51. The van der Waals surface area contributed by atoms with E-state index >= 15 is 0 Å². The lowest BCUT2D eigenvalue weighted by Gasteiger charge is -2.26. The smallest absolute Gasteiger partial charge is 0.133 e. The highest BCUT2D eigenvalue weighted by atomic mass is 79.9. The van der Waals surface area contributed by atoms with Crippen molar-refractivity contribution in [1.29, 1.82) is 0 Å². The maximum Gasteiger partial charge on any atom is 0.133 e. The van der Waals surface area contributed by atoms with Gasteiger partial charge < -0.3 is 4.90 Å². The third-order valence-electron chi connectivity index (χ3n) is 2.30. The predicted octanol–water partition coefficient (Wildman–Crippen LogP) is 3.04. The SMILES string of the molecule is CCc1nc(Br)cc(N(CC)C(C)C)n1. The van der Waals surface area contributed by atoms with Crippen LogP contribution in [-0.4, -0.2) is 22.6 Å². The van der Waals surface area contributed by atoms with E-state index in [-0.39, 0.29) is 0 Å². The van der Waals surface area contributed by atoms with Crippen molar-refractivity contribution < 1.29 is 0 Å². The van der Waals surface area contributed by atoms with Crippen LogP contribution in [0, 0.1) is 0 Å². The molecule has 0 aliphatic carbocycles. The first kappa shape index (κ1) is 12.4. The number of halogens is 1. The zero-order chi connectivity index (χ0) is 11.4. The largest absolute Gasteiger partial charge is 0.354 e. The fourth-order valence-electron chi connectivity index (χ4n) is 1.55. The van der Waals surface area contributed by atoms with E-state index in [0.717, 1.165) is 29.2 Å². The molecule has 1 heterocycles. The highest BCUT2D eigenvalue weighted by Crippen LogP contribution is 2.18. The number of aromatic nitrogens is 2. The van der Waals surface area contributed by atoms with Crippen molar-refractivity contribution in [3.63, 3.8) is 0 Å². The maximum absolute atomic E-state index is 4.53. The van der Waals surface area contributed by atoms with Crippen molar-refractivity contribution in [1.82, 2.24) is 9.97 Å². The van der Waals surface area contributed by atoms with Crippen LogP contribution in [0.1, 0.15) is 33.5 Å². The number of rotatable bonds is 4. The van der Waals surface area contributed by atoms with Crippen molar-refractivity contribution in [2.45, 2.75) is 40.2 Å². The molecule has 0 unspecified atom stereocenters. The molecule has 0 radical (unpaired) electrons. The van der Waals surface area contributed by atoms with E-state index in [2.05, 4.69) is 58.5 Å². The average Bonchev–Trinajstić information content (AvgIpc) is 2.17. The molecular formula is C11H18BrN3. The van der Waals surface area contributed by atoms with E-state index in [9.17, 15) is 0 Å². The lowest BCUT2D eigenvalue weighted by molar-refractivity contribution is 0.687. The van der Waals surface area contributed by atoms with Crippen molar-refractivity contribution in [2.75, 3.05) is 11.4 Å². The van der Waals surface area contributed by atoms with Gasteiger partial charge in [-0.1, -0.05) is 6.92 Å². The third kappa shape index (κ3) is 3.16. The molecule has 0 aromatic carbocycles. The Morgan fingerprint density at radius 1 is 1.33 bits per heavy atom. The summed E-state index contributed by atoms with van der Waals surface area (Å²) in [4.78, 5) is 11.1. The van der Waals surface area contributed by atoms with Crippen LogP contribution in [0.5, 0.6) is 0 Å². The topological polar surface area (TPSA) is 29.0 Å². The second-order valence-electron chi connectivity index (χ2n) is 3.70. The van der Waals surface area contributed by atoms with Gasteiger partial charge in [0.2, 0.25) is 0 Å². The summed E-state index contributed by atoms with van der Waals surface area (Å²) in [5.74, 6) is 1.89. The third-order valence-corrected chi connectivity index (χ3v) is 2.71. The summed E-state index contributed by atoms with van der Waals surface area (Å²) in [6, 6.07) is 2.43. The first-order valence-electron chi connectivity index (χ1n) is 5.38. The Hall–Kier alpha value is -0.640. The molecule has 0 aliphatic heterocycles. The van der Waals surface area contributed by atoms with Crippen LogP contribution in [0.15, 0.2) is 10.7 Å². The maximum atomic E-state index is 4.53. The summed E-state index contributed by atoms with van der Waals surface area (Å²) in [7, 11) is 0. The van der Waals surface area contributed by atoms with Gasteiger partial charge >= 0.3 is 0 Å². The van der Waals surface area contributed by atoms with Crippen LogP contribution < -0.4 is 4.90 Å². The molecule has 0 spiro atoms. The summed E-state index contributed by atoms with van der Waals surface area (Å²) in [5.41, 5.74) is 0. The van der Waals surface area contributed by atoms with Gasteiger partial charge in [-0.25, -0.2) is 9.97 Å². The van der Waals surface area contributed by atoms with E-state index in [0.29, 0.717) is 6.04 Å². The molecule has 0 bridgehead atoms. The monoisotopic (exact) mass is 271 g/mol. The van der Waals surface area contributed by atoms with Gasteiger partial charge in [0.25, 0.3) is 0 Å². The Morgan fingerprint density at radius 2 is 2.00 bits per heavy atom. The van der Waals surface area contributed by atoms with Crippen LogP contribution in [0.3, 0.4) is 0 Å². The summed E-state index contributed by atoms with van der Waals surface area (Å²) in [6.45, 7) is 9.51. The molecule has 0 aliphatic rings. The number of anilines is 1. The average molecular weight is 272 g/mol. The van der Waals surface area contributed by atoms with Gasteiger partial charge in [0, 0.05) is 25.1 Å². The van der Waals surface area contributed by atoms with E-state index < -0.39 is 0 Å². The second-order valence-corrected chi connectivity index (χ2v) is 4.51. The van der Waals surface area contributed by atoms with E-state index in [4.69, 9.17) is 0 Å². The van der Waals surface area contributed by atoms with Gasteiger partial charge in [0.1, 0.15) is 16.2 Å². The first-order valence-corrected chi connectivity index (χ1v) is 6.17. The number of hydrogen-bond donors (Lipinski definition) is 0. The van der Waals surface area contributed by atoms with Crippen molar-refractivity contribution >= 4 is 21.7 Å². The fourth-order valence-corrected chi connectivity index (χ4v) is 1.96. The van der Waals surface area contributed by atoms with Gasteiger partial charge in [-0.2, -0.15) is 0 Å². The first-order chi connectivity index (χ1) is 7.08. The Bertz CT molecular complexity index is 326. The predicted molar refractivity (Wildman–Crippen MR) is 67.3 cm³/mol. The molecule has 0 fully saturated rings. The standard InChI is InChI=1S/C11H18BrN3/c1-5-10-13-9(12)7-11(14-10)15(6-2)8(3)4/h7-8H,5-6H2,1-4H3. The molecule has 0 saturated heterocycles. The minimum absolute atomic E-state index is 0.460. The second kappa shape index (κ2) is 5.45. The van der Waals surface area contributed by atoms with Crippen LogP contribution in [0.2, 0.25) is 0 Å². The molecule has 0 atom stereocenters. The van der Waals surface area contributed by atoms with Crippen molar-refractivity contribution in [3.8, 4) is 0 Å². The molecule has 0 saturated carbocycles. The Morgan fingerprint density at radius 3 is 2.47 bits per heavy atom. The molecule has 0 N–H and O–H groups in total. The highest BCUT2D eigenvalue weighted by molar-refractivity contribution is 9.10. The van der Waals surface area contributed by atoms with E-state index in [1.165, 1.54) is 0 Å². The number of aryl methyl sites for hydroxylation is 1. The lowest BCUT2D eigenvalue weighted by Crippen LogP contribution is -2.31. The van der Waals surface area contributed by atoms with Crippen molar-refractivity contribution in [2.24, 2.45) is 0 Å². The van der Waals surface area contributed by atoms with Crippen LogP contribution >= 0.6 is 15.9 Å². The van der Waals surface area contributed by atoms with Gasteiger partial charge in [-0.3, -0.25) is 0 Å². The van der Waals surface area contributed by atoms with Gasteiger partial charge in [0.05, 0.1) is 0 Å². The van der Waals surface area contributed by atoms with E-state index in [1.807, 2.05) is 6.07 Å². The Balaban J connectivity index is 3.06. The Labute approximate surface area is 100 Å². The normalized spacial score (nSPS) is 10.8. The van der Waals surface area contributed by atoms with Gasteiger partial charge in [-0.05, 0) is 36.7 Å². The number of nitrogens with zero attached hydrogens (tertiary/aromatic N) is 3. The van der Waals surface area contributed by atoms with Crippen molar-refractivity contribution in [3.05, 3.63) is 16.5 Å². The lowest BCUT2D eigenvalue weighted by atomic mass is 10.3. The minimum Gasteiger partial charge on any atom is -0.354 e. The van der Waals surface area contributed by atoms with Gasteiger partial charge in [-0.15, -0.1) is 0 Å². The quantitative estimate of drug-likeness (QED) is 0.789. The molecule has 4 heteroatoms. The van der Waals surface area contributed by atoms with E-state index in [1.54, 1.807) is 0 Å². The molecular weight excluding hydrogens is 254 g/mol. The zero-order valence-electron chi connectivity index (χ0n) is 9.79. The molecule has 1 aromatic heterocycles. The molecule has 1 aromatic rings. The minimum atomic E-state index is 0.460. The van der Waals surface area contributed by atoms with Crippen LogP contribution in [0.25, 0.3) is 0 Å². The molecule has 15 heavy (non-hydrogen) atoms. The van der Waals surface area contributed by atoms with Crippen LogP contribution in [0.4, 0.5) is 5.82 Å². The molecule has 84 valence electrons. The molecule has 1 rings (SSSR count). The number of hydrogen-bond acceptors (Lipinski definition) is 3. The molecule has 0 amide bonds. The summed E-state index contributed by atoms with van der Waals surface area (Å²) in [5, 5.41) is 0. The summed E-state index contributed by atoms with van der Waals surface area (Å²) < 4.78 is 0.864. The summed E-state index contributed by atoms with van der Waals surface area (Å²) >= 11 is 3.42. The molecule has 3 nitrogen and oxygen atoms in total. The van der Waals surface area contributed by atoms with Crippen LogP contribution in [-0.2, 0) is 6.42 Å².